The highest BCUT2D eigenvalue weighted by atomic mass is 35.5. The molecule has 0 bridgehead atoms. The highest BCUT2D eigenvalue weighted by Gasteiger charge is 2.28. The van der Waals surface area contributed by atoms with Crippen molar-refractivity contribution in [2.24, 2.45) is 0 Å². The van der Waals surface area contributed by atoms with Crippen molar-refractivity contribution in [2.75, 3.05) is 30.5 Å². The number of likely N-dealkylation sites (tertiary alicyclic amines) is 1. The number of sulfonamides is 1. The topological polar surface area (TPSA) is 70.1 Å². The lowest BCUT2D eigenvalue weighted by molar-refractivity contribution is 0.238. The normalized spacial score (nSPS) is 14.3. The van der Waals surface area contributed by atoms with E-state index in [1.807, 2.05) is 0 Å². The first-order chi connectivity index (χ1) is 16.3. The second-order valence-electron chi connectivity index (χ2n) is 8.14. The Morgan fingerprint density at radius 1 is 0.941 bits per heavy atom. The first-order valence-corrected chi connectivity index (χ1v) is 13.2. The number of phenols is 1. The van der Waals surface area contributed by atoms with Crippen LogP contribution in [0.5, 0.6) is 11.5 Å². The molecule has 9 heteroatoms. The summed E-state index contributed by atoms with van der Waals surface area (Å²) < 4.78 is 34.4. The zero-order valence-corrected chi connectivity index (χ0v) is 20.9. The van der Waals surface area contributed by atoms with Gasteiger partial charge in [0.1, 0.15) is 23.0 Å². The van der Waals surface area contributed by atoms with Crippen LogP contribution in [0.1, 0.15) is 18.4 Å². The zero-order chi connectivity index (χ0) is 24.1. The Labute approximate surface area is 210 Å². The van der Waals surface area contributed by atoms with Crippen LogP contribution in [0.4, 0.5) is 5.69 Å². The summed E-state index contributed by atoms with van der Waals surface area (Å²) in [7, 11) is -4.02. The Bertz CT molecular complexity index is 1210. The van der Waals surface area contributed by atoms with Crippen molar-refractivity contribution in [3.05, 3.63) is 82.3 Å². The van der Waals surface area contributed by atoms with Crippen molar-refractivity contribution in [2.45, 2.75) is 24.3 Å². The number of halogens is 2. The summed E-state index contributed by atoms with van der Waals surface area (Å²) in [5.74, 6) is 0.781. The third-order valence-electron chi connectivity index (χ3n) is 5.72. The van der Waals surface area contributed by atoms with E-state index in [2.05, 4.69) is 4.90 Å². The Morgan fingerprint density at radius 3 is 2.26 bits per heavy atom. The zero-order valence-electron chi connectivity index (χ0n) is 18.5. The Balaban J connectivity index is 1.58. The van der Waals surface area contributed by atoms with Crippen LogP contribution in [0.2, 0.25) is 10.0 Å². The predicted molar refractivity (Wildman–Crippen MR) is 136 cm³/mol. The molecule has 0 aliphatic carbocycles. The van der Waals surface area contributed by atoms with Crippen molar-refractivity contribution < 1.29 is 18.3 Å². The van der Waals surface area contributed by atoms with Crippen molar-refractivity contribution in [3.63, 3.8) is 0 Å². The lowest BCUT2D eigenvalue weighted by Gasteiger charge is -2.25. The van der Waals surface area contributed by atoms with Gasteiger partial charge in [-0.3, -0.25) is 9.21 Å². The van der Waals surface area contributed by atoms with Crippen molar-refractivity contribution >= 4 is 38.9 Å². The van der Waals surface area contributed by atoms with Gasteiger partial charge in [0, 0.05) is 11.6 Å². The summed E-state index contributed by atoms with van der Waals surface area (Å²) in [6.45, 7) is 3.73. The molecule has 0 radical (unpaired) electrons. The number of hydrogen-bond donors (Lipinski definition) is 1. The maximum Gasteiger partial charge on any atom is 0.266 e. The van der Waals surface area contributed by atoms with Gasteiger partial charge >= 0.3 is 0 Å². The Kier molecular flexibility index (Phi) is 7.88. The van der Waals surface area contributed by atoms with E-state index in [-0.39, 0.29) is 22.2 Å². The molecular formula is C25H26Cl2N2O4S. The van der Waals surface area contributed by atoms with E-state index in [4.69, 9.17) is 27.9 Å². The van der Waals surface area contributed by atoms with Gasteiger partial charge in [0.2, 0.25) is 0 Å². The Hall–Kier alpha value is -2.45. The summed E-state index contributed by atoms with van der Waals surface area (Å²) >= 11 is 12.2. The quantitative estimate of drug-likeness (QED) is 0.399. The number of ether oxygens (including phenoxy) is 1. The van der Waals surface area contributed by atoms with Crippen LogP contribution in [0.15, 0.2) is 71.6 Å². The van der Waals surface area contributed by atoms with Crippen molar-refractivity contribution in [1.29, 1.82) is 0 Å². The van der Waals surface area contributed by atoms with Gasteiger partial charge in [-0.05, 0) is 86.1 Å². The van der Waals surface area contributed by atoms with Gasteiger partial charge in [-0.15, -0.1) is 0 Å². The number of anilines is 1. The lowest BCUT2D eigenvalue weighted by Crippen LogP contribution is -2.30. The second-order valence-corrected chi connectivity index (χ2v) is 10.8. The molecule has 0 saturated carbocycles. The highest BCUT2D eigenvalue weighted by molar-refractivity contribution is 7.93. The first kappa shape index (κ1) is 24.7. The van der Waals surface area contributed by atoms with E-state index in [1.54, 1.807) is 36.4 Å². The number of nitrogens with zero attached hydrogens (tertiary/aromatic N) is 2. The molecule has 0 aromatic heterocycles. The van der Waals surface area contributed by atoms with Gasteiger partial charge < -0.3 is 9.84 Å². The average Bonchev–Trinajstić information content (AvgIpc) is 3.32. The third-order valence-corrected chi connectivity index (χ3v) is 8.22. The number of rotatable bonds is 9. The fraction of sp³-hybridized carbons (Fsp3) is 0.280. The molecule has 3 aromatic rings. The van der Waals surface area contributed by atoms with Gasteiger partial charge in [-0.25, -0.2) is 8.42 Å². The van der Waals surface area contributed by atoms with Gasteiger partial charge in [-0.2, -0.15) is 0 Å². The molecule has 3 aromatic carbocycles. The maximum atomic E-state index is 13.7. The largest absolute Gasteiger partial charge is 0.508 e. The van der Waals surface area contributed by atoms with E-state index in [1.165, 1.54) is 47.5 Å². The van der Waals surface area contributed by atoms with Crippen LogP contribution in [0, 0.1) is 0 Å². The highest BCUT2D eigenvalue weighted by Crippen LogP contribution is 2.32. The van der Waals surface area contributed by atoms with Crippen LogP contribution in [0.25, 0.3) is 0 Å². The van der Waals surface area contributed by atoms with E-state index in [0.717, 1.165) is 19.6 Å². The summed E-state index contributed by atoms with van der Waals surface area (Å²) in [5, 5.41) is 10.00. The van der Waals surface area contributed by atoms with Crippen molar-refractivity contribution in [1.82, 2.24) is 4.90 Å². The molecule has 34 heavy (non-hydrogen) atoms. The van der Waals surface area contributed by atoms with E-state index in [9.17, 15) is 13.5 Å². The van der Waals surface area contributed by atoms with Crippen molar-refractivity contribution in [3.8, 4) is 11.5 Å². The molecule has 1 heterocycles. The lowest BCUT2D eigenvalue weighted by atomic mass is 10.2. The van der Waals surface area contributed by atoms with Gasteiger partial charge in [0.15, 0.2) is 0 Å². The van der Waals surface area contributed by atoms with Crippen LogP contribution in [-0.2, 0) is 16.6 Å². The minimum absolute atomic E-state index is 0.0386. The molecule has 0 spiro atoms. The fourth-order valence-electron chi connectivity index (χ4n) is 3.89. The molecule has 1 aliphatic heterocycles. The Morgan fingerprint density at radius 2 is 1.62 bits per heavy atom. The third kappa shape index (κ3) is 5.96. The molecule has 0 atom stereocenters. The maximum absolute atomic E-state index is 13.7. The van der Waals surface area contributed by atoms with E-state index >= 15 is 0 Å². The molecule has 1 fully saturated rings. The summed E-state index contributed by atoms with van der Waals surface area (Å²) in [6.07, 6.45) is 2.47. The fourth-order valence-corrected chi connectivity index (χ4v) is 6.09. The van der Waals surface area contributed by atoms with Crippen LogP contribution in [0.3, 0.4) is 0 Å². The number of benzene rings is 3. The number of aromatic hydroxyl groups is 1. The molecule has 1 saturated heterocycles. The molecular weight excluding hydrogens is 495 g/mol. The number of hydrogen-bond acceptors (Lipinski definition) is 5. The molecule has 6 nitrogen and oxygen atoms in total. The van der Waals surface area contributed by atoms with E-state index < -0.39 is 10.0 Å². The molecule has 4 rings (SSSR count). The molecule has 1 N–H and O–H groups in total. The molecule has 180 valence electrons. The molecule has 0 amide bonds. The predicted octanol–water partition coefficient (Wildman–Crippen LogP) is 5.57. The summed E-state index contributed by atoms with van der Waals surface area (Å²) in [6, 6.07) is 17.7. The van der Waals surface area contributed by atoms with Crippen LogP contribution >= 0.6 is 23.2 Å². The van der Waals surface area contributed by atoms with Gasteiger partial charge in [0.05, 0.1) is 17.3 Å². The van der Waals surface area contributed by atoms with Crippen LogP contribution < -0.4 is 9.04 Å². The van der Waals surface area contributed by atoms with Gasteiger partial charge in [-0.1, -0.05) is 35.3 Å². The smallest absolute Gasteiger partial charge is 0.266 e. The van der Waals surface area contributed by atoms with E-state index in [0.29, 0.717) is 28.6 Å². The first-order valence-electron chi connectivity index (χ1n) is 11.0. The standard InChI is InChI=1S/C25H26Cl2N2O4S/c26-20-5-12-25(24(27)17-20)34(31,32)29(18-19-3-8-22(30)9-4-19)21-6-10-23(11-7-21)33-16-15-28-13-1-2-14-28/h3-12,17,30H,1-2,13-16,18H2. The minimum Gasteiger partial charge on any atom is -0.508 e. The average molecular weight is 521 g/mol. The minimum atomic E-state index is -4.02. The molecule has 0 unspecified atom stereocenters. The van der Waals surface area contributed by atoms with Crippen LogP contribution in [-0.4, -0.2) is 44.7 Å². The second kappa shape index (κ2) is 10.9. The SMILES string of the molecule is O=S(=O)(c1ccc(Cl)cc1Cl)N(Cc1ccc(O)cc1)c1ccc(OCCN2CCCC2)cc1. The number of phenolic OH excluding ortho intramolecular Hbond substituents is 1. The van der Waals surface area contributed by atoms with Gasteiger partial charge in [0.25, 0.3) is 10.0 Å². The summed E-state index contributed by atoms with van der Waals surface area (Å²) in [4.78, 5) is 2.33. The molecule has 1 aliphatic rings. The summed E-state index contributed by atoms with van der Waals surface area (Å²) in [5.41, 5.74) is 1.17. The monoisotopic (exact) mass is 520 g/mol.